The fraction of sp³-hybridized carbons (Fsp3) is 0.385. The SMILES string of the molecule is COC(=O)C1CSCN1C(=O)COc1ccc(Cl)cc1. The molecule has 0 bridgehead atoms. The molecule has 7 heteroatoms. The van der Waals surface area contributed by atoms with Crippen molar-refractivity contribution in [3.05, 3.63) is 29.3 Å². The van der Waals surface area contributed by atoms with Crippen LogP contribution in [-0.2, 0) is 14.3 Å². The van der Waals surface area contributed by atoms with Crippen molar-refractivity contribution in [1.82, 2.24) is 4.90 Å². The Balaban J connectivity index is 1.91. The van der Waals surface area contributed by atoms with Crippen molar-refractivity contribution >= 4 is 35.2 Å². The highest BCUT2D eigenvalue weighted by molar-refractivity contribution is 7.99. The number of carbonyl (C=O) groups is 2. The van der Waals surface area contributed by atoms with Crippen LogP contribution in [-0.4, -0.2) is 48.2 Å². The van der Waals surface area contributed by atoms with Gasteiger partial charge in [-0.25, -0.2) is 4.79 Å². The number of halogens is 1. The summed E-state index contributed by atoms with van der Waals surface area (Å²) < 4.78 is 10.1. The van der Waals surface area contributed by atoms with Crippen molar-refractivity contribution in [2.24, 2.45) is 0 Å². The van der Waals surface area contributed by atoms with Gasteiger partial charge in [0.1, 0.15) is 11.8 Å². The molecular weight excluding hydrogens is 302 g/mol. The summed E-state index contributed by atoms with van der Waals surface area (Å²) in [6.45, 7) is -0.115. The van der Waals surface area contributed by atoms with Gasteiger partial charge < -0.3 is 14.4 Å². The number of carbonyl (C=O) groups excluding carboxylic acids is 2. The van der Waals surface area contributed by atoms with Gasteiger partial charge >= 0.3 is 5.97 Å². The molecule has 0 aliphatic carbocycles. The highest BCUT2D eigenvalue weighted by Crippen LogP contribution is 2.22. The lowest BCUT2D eigenvalue weighted by atomic mass is 10.3. The molecule has 0 saturated carbocycles. The van der Waals surface area contributed by atoms with Crippen LogP contribution in [0.4, 0.5) is 0 Å². The number of methoxy groups -OCH3 is 1. The predicted octanol–water partition coefficient (Wildman–Crippen LogP) is 1.79. The van der Waals surface area contributed by atoms with Crippen LogP contribution in [0, 0.1) is 0 Å². The highest BCUT2D eigenvalue weighted by Gasteiger charge is 2.35. The average Bonchev–Trinajstić information content (AvgIpc) is 2.95. The number of esters is 1. The number of benzene rings is 1. The lowest BCUT2D eigenvalue weighted by Crippen LogP contribution is -2.44. The Bertz CT molecular complexity index is 494. The number of hydrogen-bond acceptors (Lipinski definition) is 5. The van der Waals surface area contributed by atoms with E-state index in [-0.39, 0.29) is 12.5 Å². The van der Waals surface area contributed by atoms with E-state index in [2.05, 4.69) is 4.74 Å². The maximum absolute atomic E-state index is 12.1. The second-order valence-corrected chi connectivity index (χ2v) is 5.58. The van der Waals surface area contributed by atoms with Crippen LogP contribution in [0.2, 0.25) is 5.02 Å². The molecule has 0 radical (unpaired) electrons. The van der Waals surface area contributed by atoms with Crippen molar-refractivity contribution in [3.63, 3.8) is 0 Å². The van der Waals surface area contributed by atoms with E-state index in [1.165, 1.54) is 23.8 Å². The number of amides is 1. The molecule has 1 heterocycles. The molecule has 2 rings (SSSR count). The van der Waals surface area contributed by atoms with Gasteiger partial charge in [0.15, 0.2) is 6.61 Å². The van der Waals surface area contributed by atoms with Gasteiger partial charge in [-0.3, -0.25) is 4.79 Å². The van der Waals surface area contributed by atoms with Gasteiger partial charge in [0.2, 0.25) is 0 Å². The van der Waals surface area contributed by atoms with Crippen molar-refractivity contribution in [3.8, 4) is 5.75 Å². The van der Waals surface area contributed by atoms with Gasteiger partial charge in [-0.2, -0.15) is 0 Å². The minimum absolute atomic E-state index is 0.115. The zero-order valence-corrected chi connectivity index (χ0v) is 12.4. The van der Waals surface area contributed by atoms with E-state index in [1.54, 1.807) is 24.3 Å². The second kappa shape index (κ2) is 6.85. The smallest absolute Gasteiger partial charge is 0.329 e. The lowest BCUT2D eigenvalue weighted by Gasteiger charge is -2.21. The maximum Gasteiger partial charge on any atom is 0.329 e. The van der Waals surface area contributed by atoms with E-state index in [0.29, 0.717) is 22.4 Å². The molecule has 0 N–H and O–H groups in total. The van der Waals surface area contributed by atoms with Crippen LogP contribution in [0.1, 0.15) is 0 Å². The lowest BCUT2D eigenvalue weighted by molar-refractivity contribution is -0.151. The maximum atomic E-state index is 12.1. The number of hydrogen-bond donors (Lipinski definition) is 0. The minimum Gasteiger partial charge on any atom is -0.484 e. The molecule has 1 aliphatic rings. The van der Waals surface area contributed by atoms with Gasteiger partial charge in [0.05, 0.1) is 13.0 Å². The summed E-state index contributed by atoms with van der Waals surface area (Å²) in [5, 5.41) is 0.602. The van der Waals surface area contributed by atoms with Crippen molar-refractivity contribution in [2.45, 2.75) is 6.04 Å². The van der Waals surface area contributed by atoms with Crippen LogP contribution < -0.4 is 4.74 Å². The van der Waals surface area contributed by atoms with Gasteiger partial charge in [0.25, 0.3) is 5.91 Å². The molecule has 1 fully saturated rings. The topological polar surface area (TPSA) is 55.8 Å². The van der Waals surface area contributed by atoms with E-state index in [1.807, 2.05) is 0 Å². The first-order chi connectivity index (χ1) is 9.61. The minimum atomic E-state index is -0.522. The Kier molecular flexibility index (Phi) is 5.14. The van der Waals surface area contributed by atoms with Crippen LogP contribution in [0.15, 0.2) is 24.3 Å². The fourth-order valence-corrected chi connectivity index (χ4v) is 3.07. The first-order valence-corrected chi connectivity index (χ1v) is 7.48. The van der Waals surface area contributed by atoms with Gasteiger partial charge in [-0.05, 0) is 24.3 Å². The van der Waals surface area contributed by atoms with E-state index in [4.69, 9.17) is 16.3 Å². The summed E-state index contributed by atoms with van der Waals surface area (Å²) in [7, 11) is 1.32. The summed E-state index contributed by atoms with van der Waals surface area (Å²) in [5.74, 6) is 0.960. The van der Waals surface area contributed by atoms with Crippen LogP contribution >= 0.6 is 23.4 Å². The van der Waals surface area contributed by atoms with Gasteiger partial charge in [0, 0.05) is 10.8 Å². The fourth-order valence-electron chi connectivity index (χ4n) is 1.78. The van der Waals surface area contributed by atoms with Crippen molar-refractivity contribution in [1.29, 1.82) is 0 Å². The number of thioether (sulfide) groups is 1. The van der Waals surface area contributed by atoms with E-state index < -0.39 is 12.0 Å². The van der Waals surface area contributed by atoms with Gasteiger partial charge in [-0.15, -0.1) is 11.8 Å². The van der Waals surface area contributed by atoms with E-state index in [9.17, 15) is 9.59 Å². The monoisotopic (exact) mass is 315 g/mol. The molecule has 1 aromatic carbocycles. The zero-order valence-electron chi connectivity index (χ0n) is 10.9. The van der Waals surface area contributed by atoms with Crippen LogP contribution in [0.25, 0.3) is 0 Å². The summed E-state index contributed by atoms with van der Waals surface area (Å²) in [5.41, 5.74) is 0. The summed E-state index contributed by atoms with van der Waals surface area (Å²) in [6, 6.07) is 6.22. The first kappa shape index (κ1) is 15.0. The Hall–Kier alpha value is -1.40. The Labute approximate surface area is 126 Å². The third-order valence-electron chi connectivity index (χ3n) is 2.85. The third-order valence-corrected chi connectivity index (χ3v) is 4.12. The number of rotatable bonds is 4. The molecule has 1 saturated heterocycles. The molecule has 1 unspecified atom stereocenters. The molecule has 5 nitrogen and oxygen atoms in total. The molecule has 20 heavy (non-hydrogen) atoms. The third kappa shape index (κ3) is 3.58. The molecule has 0 aromatic heterocycles. The largest absolute Gasteiger partial charge is 0.484 e. The molecule has 1 amide bonds. The predicted molar refractivity (Wildman–Crippen MR) is 76.9 cm³/mol. The molecule has 1 aromatic rings. The zero-order chi connectivity index (χ0) is 14.5. The van der Waals surface area contributed by atoms with E-state index >= 15 is 0 Å². The average molecular weight is 316 g/mol. The van der Waals surface area contributed by atoms with Crippen molar-refractivity contribution < 1.29 is 19.1 Å². The summed E-state index contributed by atoms with van der Waals surface area (Å²) >= 11 is 7.28. The Morgan fingerprint density at radius 3 is 2.75 bits per heavy atom. The van der Waals surface area contributed by atoms with E-state index in [0.717, 1.165) is 0 Å². The van der Waals surface area contributed by atoms with Gasteiger partial charge in [-0.1, -0.05) is 11.6 Å². The molecule has 1 atom stereocenters. The highest BCUT2D eigenvalue weighted by atomic mass is 35.5. The van der Waals surface area contributed by atoms with Crippen LogP contribution in [0.3, 0.4) is 0 Å². The summed E-state index contributed by atoms with van der Waals surface area (Å²) in [6.07, 6.45) is 0. The molecule has 1 aliphatic heterocycles. The standard InChI is InChI=1S/C13H14ClNO4S/c1-18-13(17)11-7-20-8-15(11)12(16)6-19-10-4-2-9(14)3-5-10/h2-5,11H,6-8H2,1H3. The first-order valence-electron chi connectivity index (χ1n) is 5.95. The van der Waals surface area contributed by atoms with Crippen molar-refractivity contribution in [2.75, 3.05) is 25.3 Å². The Morgan fingerprint density at radius 1 is 1.40 bits per heavy atom. The summed E-state index contributed by atoms with van der Waals surface area (Å²) in [4.78, 5) is 25.1. The second-order valence-electron chi connectivity index (χ2n) is 4.14. The quantitative estimate of drug-likeness (QED) is 0.793. The normalized spacial score (nSPS) is 17.9. The molecule has 0 spiro atoms. The Morgan fingerprint density at radius 2 is 2.10 bits per heavy atom. The molecule has 108 valence electrons. The van der Waals surface area contributed by atoms with Crippen LogP contribution in [0.5, 0.6) is 5.75 Å². The number of ether oxygens (including phenoxy) is 2. The number of nitrogens with zero attached hydrogens (tertiary/aromatic N) is 1. The molecular formula is C13H14ClNO4S.